The number of alkyl halides is 3. The minimum absolute atomic E-state index is 0.0240. The topological polar surface area (TPSA) is 34.1 Å². The van der Waals surface area contributed by atoms with E-state index in [1.807, 2.05) is 0 Å². The molecule has 0 aromatic carbocycles. The molecule has 0 radical (unpaired) electrons. The number of rotatable bonds is 7. The monoisotopic (exact) mass is 276 g/mol. The van der Waals surface area contributed by atoms with Gasteiger partial charge in [0.15, 0.2) is 6.61 Å². The highest BCUT2D eigenvalue weighted by Crippen LogP contribution is 2.18. The summed E-state index contributed by atoms with van der Waals surface area (Å²) in [4.78, 5) is 3.83. The summed E-state index contributed by atoms with van der Waals surface area (Å²) in [6.45, 7) is 2.87. The predicted octanol–water partition coefficient (Wildman–Crippen LogP) is 4.01. The first-order valence-corrected chi connectivity index (χ1v) is 6.33. The number of hydrogen-bond donors (Lipinski definition) is 1. The Morgan fingerprint density at radius 3 is 2.63 bits per heavy atom. The molecule has 0 aliphatic rings. The Balaban J connectivity index is 2.43. The summed E-state index contributed by atoms with van der Waals surface area (Å²) >= 11 is 0. The fraction of sp³-hybridized carbons (Fsp3) is 0.615. The summed E-state index contributed by atoms with van der Waals surface area (Å²) in [5.41, 5.74) is 0.781. The second kappa shape index (κ2) is 7.21. The van der Waals surface area contributed by atoms with Gasteiger partial charge < -0.3 is 10.1 Å². The van der Waals surface area contributed by atoms with Crippen molar-refractivity contribution in [2.75, 3.05) is 11.9 Å². The van der Waals surface area contributed by atoms with Crippen LogP contribution in [0.2, 0.25) is 0 Å². The quantitative estimate of drug-likeness (QED) is 0.817. The van der Waals surface area contributed by atoms with Crippen LogP contribution in [0.15, 0.2) is 18.3 Å². The summed E-state index contributed by atoms with van der Waals surface area (Å²) in [5, 5.41) is 3.24. The van der Waals surface area contributed by atoms with Crippen LogP contribution in [0.4, 0.5) is 18.9 Å². The van der Waals surface area contributed by atoms with Crippen LogP contribution in [0.25, 0.3) is 0 Å². The van der Waals surface area contributed by atoms with E-state index in [9.17, 15) is 13.2 Å². The fourth-order valence-electron chi connectivity index (χ4n) is 1.57. The lowest BCUT2D eigenvalue weighted by Crippen LogP contribution is -2.19. The third-order valence-electron chi connectivity index (χ3n) is 2.52. The molecule has 0 bridgehead atoms. The van der Waals surface area contributed by atoms with Gasteiger partial charge in [-0.05, 0) is 19.4 Å². The lowest BCUT2D eigenvalue weighted by atomic mass is 10.1. The van der Waals surface area contributed by atoms with Gasteiger partial charge in [-0.15, -0.1) is 0 Å². The molecule has 19 heavy (non-hydrogen) atoms. The number of anilines is 1. The summed E-state index contributed by atoms with van der Waals surface area (Å²) in [7, 11) is 0. The maximum absolute atomic E-state index is 11.9. The number of unbranched alkanes of at least 4 members (excludes halogenated alkanes) is 1. The normalized spacial score (nSPS) is 13.1. The standard InChI is InChI=1S/C13H19F3N2O/c1-3-4-5-10(2)18-11-6-7-12(17-8-11)19-9-13(14,15)16/h6-8,10,18H,3-5,9H2,1-2H3. The van der Waals surface area contributed by atoms with Crippen LogP contribution in [0.1, 0.15) is 33.1 Å². The molecule has 0 aliphatic heterocycles. The Labute approximate surface area is 111 Å². The van der Waals surface area contributed by atoms with Crippen LogP contribution >= 0.6 is 0 Å². The van der Waals surface area contributed by atoms with Crippen LogP contribution in [-0.2, 0) is 0 Å². The molecule has 1 aromatic heterocycles. The van der Waals surface area contributed by atoms with E-state index in [0.717, 1.165) is 24.9 Å². The van der Waals surface area contributed by atoms with E-state index in [1.54, 1.807) is 6.07 Å². The molecular weight excluding hydrogens is 257 g/mol. The summed E-state index contributed by atoms with van der Waals surface area (Å²) < 4.78 is 40.4. The zero-order valence-electron chi connectivity index (χ0n) is 11.1. The highest BCUT2D eigenvalue weighted by atomic mass is 19.4. The minimum atomic E-state index is -4.34. The van der Waals surface area contributed by atoms with Crippen molar-refractivity contribution in [1.29, 1.82) is 0 Å². The number of nitrogens with zero attached hydrogens (tertiary/aromatic N) is 1. The van der Waals surface area contributed by atoms with Crippen molar-refractivity contribution < 1.29 is 17.9 Å². The zero-order valence-corrected chi connectivity index (χ0v) is 11.1. The molecule has 0 amide bonds. The molecule has 0 fully saturated rings. The Morgan fingerprint density at radius 2 is 2.11 bits per heavy atom. The van der Waals surface area contributed by atoms with E-state index in [1.165, 1.54) is 12.3 Å². The maximum Gasteiger partial charge on any atom is 0.422 e. The second-order valence-corrected chi connectivity index (χ2v) is 4.48. The number of nitrogens with one attached hydrogen (secondary N) is 1. The molecule has 0 aliphatic carbocycles. The van der Waals surface area contributed by atoms with E-state index in [-0.39, 0.29) is 5.88 Å². The van der Waals surface area contributed by atoms with Gasteiger partial charge in [-0.2, -0.15) is 13.2 Å². The summed E-state index contributed by atoms with van der Waals surface area (Å²) in [5.74, 6) is -0.0240. The van der Waals surface area contributed by atoms with Crippen LogP contribution in [0, 0.1) is 0 Å². The van der Waals surface area contributed by atoms with E-state index in [2.05, 4.69) is 28.9 Å². The minimum Gasteiger partial charge on any atom is -0.468 e. The van der Waals surface area contributed by atoms with E-state index >= 15 is 0 Å². The highest BCUT2D eigenvalue weighted by Gasteiger charge is 2.28. The molecule has 0 saturated carbocycles. The van der Waals surface area contributed by atoms with Crippen LogP contribution in [0.5, 0.6) is 5.88 Å². The largest absolute Gasteiger partial charge is 0.468 e. The molecule has 1 heterocycles. The van der Waals surface area contributed by atoms with Crippen LogP contribution in [0.3, 0.4) is 0 Å². The Bertz CT molecular complexity index is 365. The van der Waals surface area contributed by atoms with Gasteiger partial charge in [0.1, 0.15) is 0 Å². The summed E-state index contributed by atoms with van der Waals surface area (Å²) in [6, 6.07) is 3.41. The van der Waals surface area contributed by atoms with E-state index in [4.69, 9.17) is 0 Å². The SMILES string of the molecule is CCCCC(C)Nc1ccc(OCC(F)(F)F)nc1. The first kappa shape index (κ1) is 15.6. The molecule has 1 aromatic rings. The Morgan fingerprint density at radius 1 is 1.37 bits per heavy atom. The predicted molar refractivity (Wildman–Crippen MR) is 68.4 cm³/mol. The molecule has 1 atom stereocenters. The fourth-order valence-corrected chi connectivity index (χ4v) is 1.57. The molecule has 0 saturated heterocycles. The molecule has 108 valence electrons. The van der Waals surface area contributed by atoms with Crippen molar-refractivity contribution in [3.63, 3.8) is 0 Å². The third kappa shape index (κ3) is 6.88. The average molecular weight is 276 g/mol. The number of pyridine rings is 1. The number of aromatic nitrogens is 1. The number of ether oxygens (including phenoxy) is 1. The van der Waals surface area contributed by atoms with Gasteiger partial charge in [-0.1, -0.05) is 19.8 Å². The van der Waals surface area contributed by atoms with Gasteiger partial charge >= 0.3 is 6.18 Å². The smallest absolute Gasteiger partial charge is 0.422 e. The van der Waals surface area contributed by atoms with Gasteiger partial charge in [0, 0.05) is 12.1 Å². The maximum atomic E-state index is 11.9. The van der Waals surface area contributed by atoms with Crippen LogP contribution < -0.4 is 10.1 Å². The van der Waals surface area contributed by atoms with Gasteiger partial charge in [0.05, 0.1) is 11.9 Å². The zero-order chi connectivity index (χ0) is 14.3. The van der Waals surface area contributed by atoms with Crippen molar-refractivity contribution in [3.8, 4) is 5.88 Å². The Hall–Kier alpha value is -1.46. The molecular formula is C13H19F3N2O. The van der Waals surface area contributed by atoms with E-state index in [0.29, 0.717) is 6.04 Å². The van der Waals surface area contributed by atoms with Crippen molar-refractivity contribution in [2.24, 2.45) is 0 Å². The van der Waals surface area contributed by atoms with Gasteiger partial charge in [0.25, 0.3) is 0 Å². The van der Waals surface area contributed by atoms with E-state index < -0.39 is 12.8 Å². The van der Waals surface area contributed by atoms with Crippen molar-refractivity contribution in [3.05, 3.63) is 18.3 Å². The number of hydrogen-bond acceptors (Lipinski definition) is 3. The van der Waals surface area contributed by atoms with Crippen molar-refractivity contribution >= 4 is 5.69 Å². The number of halogens is 3. The molecule has 6 heteroatoms. The molecule has 3 nitrogen and oxygen atoms in total. The highest BCUT2D eigenvalue weighted by molar-refractivity contribution is 5.42. The molecule has 1 rings (SSSR count). The van der Waals surface area contributed by atoms with Gasteiger partial charge in [-0.3, -0.25) is 0 Å². The first-order chi connectivity index (χ1) is 8.90. The summed E-state index contributed by atoms with van der Waals surface area (Å²) in [6.07, 6.45) is 0.451. The Kier molecular flexibility index (Phi) is 5.92. The van der Waals surface area contributed by atoms with Crippen LogP contribution in [-0.4, -0.2) is 23.8 Å². The third-order valence-corrected chi connectivity index (χ3v) is 2.52. The van der Waals surface area contributed by atoms with Crippen molar-refractivity contribution in [2.45, 2.75) is 45.3 Å². The lowest BCUT2D eigenvalue weighted by Gasteiger charge is -2.15. The molecule has 1 N–H and O–H groups in total. The first-order valence-electron chi connectivity index (χ1n) is 6.33. The van der Waals surface area contributed by atoms with Gasteiger partial charge in [-0.25, -0.2) is 4.98 Å². The average Bonchev–Trinajstić information content (AvgIpc) is 2.34. The second-order valence-electron chi connectivity index (χ2n) is 4.48. The van der Waals surface area contributed by atoms with Gasteiger partial charge in [0.2, 0.25) is 5.88 Å². The van der Waals surface area contributed by atoms with Crippen molar-refractivity contribution in [1.82, 2.24) is 4.98 Å². The lowest BCUT2D eigenvalue weighted by molar-refractivity contribution is -0.154. The molecule has 1 unspecified atom stereocenters. The molecule has 0 spiro atoms.